The lowest BCUT2D eigenvalue weighted by atomic mass is 10.1. The lowest BCUT2D eigenvalue weighted by Crippen LogP contribution is -2.32. The summed E-state index contributed by atoms with van der Waals surface area (Å²) in [6.45, 7) is 4.12. The van der Waals surface area contributed by atoms with Crippen LogP contribution in [0.2, 0.25) is 5.02 Å². The molecular weight excluding hydrogens is 442 g/mol. The summed E-state index contributed by atoms with van der Waals surface area (Å²) in [5.41, 5.74) is 6.22. The molecule has 0 unspecified atom stereocenters. The van der Waals surface area contributed by atoms with Gasteiger partial charge in [-0.05, 0) is 54.3 Å². The van der Waals surface area contributed by atoms with Gasteiger partial charge in [-0.2, -0.15) is 5.10 Å². The summed E-state index contributed by atoms with van der Waals surface area (Å²) >= 11 is 6.37. The minimum Gasteiger partial charge on any atom is -0.493 e. The first-order chi connectivity index (χ1) is 15.9. The van der Waals surface area contributed by atoms with Crippen molar-refractivity contribution in [1.29, 1.82) is 0 Å². The normalized spacial score (nSPS) is 10.7. The number of hydrogen-bond donors (Lipinski definition) is 2. The van der Waals surface area contributed by atoms with E-state index in [1.807, 2.05) is 50.2 Å². The summed E-state index contributed by atoms with van der Waals surface area (Å²) in [6, 6.07) is 18.4. The molecule has 8 heteroatoms. The molecule has 0 heterocycles. The van der Waals surface area contributed by atoms with Gasteiger partial charge in [0.25, 0.3) is 0 Å². The van der Waals surface area contributed by atoms with Crippen LogP contribution in [0.4, 0.5) is 5.69 Å². The molecule has 0 saturated carbocycles. The van der Waals surface area contributed by atoms with Crippen LogP contribution in [0.3, 0.4) is 0 Å². The molecule has 2 amide bonds. The fourth-order valence-electron chi connectivity index (χ4n) is 2.97. The fraction of sp³-hybridized carbons (Fsp3) is 0.160. The summed E-state index contributed by atoms with van der Waals surface area (Å²) < 4.78 is 11.2. The molecule has 0 aliphatic rings. The molecule has 3 aromatic rings. The smallest absolute Gasteiger partial charge is 0.329 e. The molecular formula is C25H24ClN3O4. The van der Waals surface area contributed by atoms with E-state index in [-0.39, 0.29) is 0 Å². The lowest BCUT2D eigenvalue weighted by molar-refractivity contribution is -0.136. The molecule has 0 bridgehead atoms. The minimum absolute atomic E-state index is 0.325. The number of nitrogens with one attached hydrogen (secondary N) is 2. The number of benzene rings is 3. The van der Waals surface area contributed by atoms with Gasteiger partial charge in [0, 0.05) is 5.69 Å². The van der Waals surface area contributed by atoms with Crippen molar-refractivity contribution >= 4 is 35.3 Å². The second-order valence-electron chi connectivity index (χ2n) is 7.21. The molecule has 3 aromatic carbocycles. The van der Waals surface area contributed by atoms with E-state index >= 15 is 0 Å². The molecule has 0 radical (unpaired) electrons. The van der Waals surface area contributed by atoms with Crippen LogP contribution >= 0.6 is 11.6 Å². The zero-order valence-corrected chi connectivity index (χ0v) is 19.3. The van der Waals surface area contributed by atoms with Gasteiger partial charge in [-0.1, -0.05) is 54.1 Å². The van der Waals surface area contributed by atoms with Gasteiger partial charge >= 0.3 is 11.8 Å². The van der Waals surface area contributed by atoms with Gasteiger partial charge in [-0.15, -0.1) is 0 Å². The number of ether oxygens (including phenoxy) is 2. The molecule has 0 spiro atoms. The maximum absolute atomic E-state index is 12.2. The monoisotopic (exact) mass is 465 g/mol. The van der Waals surface area contributed by atoms with Gasteiger partial charge in [0.1, 0.15) is 6.61 Å². The quantitative estimate of drug-likeness (QED) is 0.302. The largest absolute Gasteiger partial charge is 0.493 e. The molecule has 2 N–H and O–H groups in total. The highest BCUT2D eigenvalue weighted by Crippen LogP contribution is 2.36. The maximum Gasteiger partial charge on any atom is 0.329 e. The molecule has 0 aliphatic heterocycles. The van der Waals surface area contributed by atoms with Gasteiger partial charge in [-0.25, -0.2) is 5.43 Å². The van der Waals surface area contributed by atoms with Gasteiger partial charge in [0.15, 0.2) is 11.5 Å². The van der Waals surface area contributed by atoms with Gasteiger partial charge in [0.05, 0.1) is 18.3 Å². The number of hydrogen-bond acceptors (Lipinski definition) is 5. The molecule has 0 fully saturated rings. The topological polar surface area (TPSA) is 89.0 Å². The average molecular weight is 466 g/mol. The van der Waals surface area contributed by atoms with E-state index < -0.39 is 11.8 Å². The van der Waals surface area contributed by atoms with Crippen LogP contribution < -0.4 is 20.2 Å². The van der Waals surface area contributed by atoms with E-state index in [1.54, 1.807) is 24.3 Å². The highest BCUT2D eigenvalue weighted by Gasteiger charge is 2.15. The number of carbonyl (C=O) groups excluding carboxylic acids is 2. The third-order valence-corrected chi connectivity index (χ3v) is 5.20. The Hall–Kier alpha value is -3.84. The zero-order valence-electron chi connectivity index (χ0n) is 18.5. The summed E-state index contributed by atoms with van der Waals surface area (Å²) in [6.07, 6.45) is 1.36. The van der Waals surface area contributed by atoms with Gasteiger partial charge in [-0.3, -0.25) is 9.59 Å². The first-order valence-corrected chi connectivity index (χ1v) is 10.5. The van der Waals surface area contributed by atoms with E-state index in [0.717, 1.165) is 16.7 Å². The van der Waals surface area contributed by atoms with E-state index in [2.05, 4.69) is 15.8 Å². The molecule has 0 aromatic heterocycles. The number of amides is 2. The maximum atomic E-state index is 12.2. The van der Waals surface area contributed by atoms with Crippen molar-refractivity contribution in [2.45, 2.75) is 20.5 Å². The Balaban J connectivity index is 1.63. The Bertz CT molecular complexity index is 1180. The molecule has 3 rings (SSSR count). The SMILES string of the molecule is COc1cc(/C=N\NC(=O)C(=O)Nc2cccc(C)c2C)cc(Cl)c1OCc1ccccc1. The van der Waals surface area contributed by atoms with Crippen LogP contribution in [0, 0.1) is 13.8 Å². The summed E-state index contributed by atoms with van der Waals surface area (Å²) in [5.74, 6) is -0.898. The van der Waals surface area contributed by atoms with E-state index in [1.165, 1.54) is 13.3 Å². The number of carbonyl (C=O) groups is 2. The Kier molecular flexibility index (Phi) is 8.05. The van der Waals surface area contributed by atoms with Crippen molar-refractivity contribution in [3.63, 3.8) is 0 Å². The van der Waals surface area contributed by atoms with Crippen molar-refractivity contribution in [3.8, 4) is 11.5 Å². The average Bonchev–Trinajstić information content (AvgIpc) is 2.81. The van der Waals surface area contributed by atoms with Gasteiger partial charge < -0.3 is 14.8 Å². The minimum atomic E-state index is -0.895. The number of halogens is 1. The number of methoxy groups -OCH3 is 1. The highest BCUT2D eigenvalue weighted by molar-refractivity contribution is 6.39. The van der Waals surface area contributed by atoms with Crippen molar-refractivity contribution in [2.75, 3.05) is 12.4 Å². The zero-order chi connectivity index (χ0) is 23.8. The number of rotatable bonds is 7. The summed E-state index contributed by atoms with van der Waals surface area (Å²) in [4.78, 5) is 24.2. The van der Waals surface area contributed by atoms with Crippen LogP contribution in [-0.4, -0.2) is 25.1 Å². The van der Waals surface area contributed by atoms with Crippen LogP contribution in [-0.2, 0) is 16.2 Å². The van der Waals surface area contributed by atoms with Crippen molar-refractivity contribution in [2.24, 2.45) is 5.10 Å². The van der Waals surface area contributed by atoms with Crippen molar-refractivity contribution < 1.29 is 19.1 Å². The first-order valence-electron chi connectivity index (χ1n) is 10.1. The predicted molar refractivity (Wildman–Crippen MR) is 129 cm³/mol. The molecule has 7 nitrogen and oxygen atoms in total. The number of nitrogens with zero attached hydrogens (tertiary/aromatic N) is 1. The van der Waals surface area contributed by atoms with Crippen LogP contribution in [0.25, 0.3) is 0 Å². The number of hydrazone groups is 1. The molecule has 33 heavy (non-hydrogen) atoms. The molecule has 0 atom stereocenters. The van der Waals surface area contributed by atoms with Gasteiger partial charge in [0.2, 0.25) is 0 Å². The lowest BCUT2D eigenvalue weighted by Gasteiger charge is -2.13. The Morgan fingerprint density at radius 2 is 1.79 bits per heavy atom. The van der Waals surface area contributed by atoms with Crippen LogP contribution in [0.5, 0.6) is 11.5 Å². The molecule has 170 valence electrons. The van der Waals surface area contributed by atoms with E-state index in [9.17, 15) is 9.59 Å². The molecule has 0 aliphatic carbocycles. The second kappa shape index (κ2) is 11.2. The predicted octanol–water partition coefficient (Wildman–Crippen LogP) is 4.63. The van der Waals surface area contributed by atoms with Crippen LogP contribution in [0.1, 0.15) is 22.3 Å². The van der Waals surface area contributed by atoms with Crippen LogP contribution in [0.15, 0.2) is 65.8 Å². The third kappa shape index (κ3) is 6.33. The number of anilines is 1. The standard InChI is InChI=1S/C25H24ClN3O4/c1-16-8-7-11-21(17(16)2)28-24(30)25(31)29-27-14-19-12-20(26)23(22(13-19)32-3)33-15-18-9-5-4-6-10-18/h4-14H,15H2,1-3H3,(H,28,30)(H,29,31)/b27-14-. The van der Waals surface area contributed by atoms with Crippen molar-refractivity contribution in [1.82, 2.24) is 5.43 Å². The van der Waals surface area contributed by atoms with Crippen molar-refractivity contribution in [3.05, 3.63) is 87.9 Å². The Morgan fingerprint density at radius 3 is 2.52 bits per heavy atom. The molecule has 0 saturated heterocycles. The summed E-state index contributed by atoms with van der Waals surface area (Å²) in [7, 11) is 1.50. The van der Waals surface area contributed by atoms with E-state index in [0.29, 0.717) is 34.4 Å². The first kappa shape index (κ1) is 23.8. The summed E-state index contributed by atoms with van der Waals surface area (Å²) in [5, 5.41) is 6.75. The Labute approximate surface area is 197 Å². The third-order valence-electron chi connectivity index (χ3n) is 4.92. The number of aryl methyl sites for hydroxylation is 1. The second-order valence-corrected chi connectivity index (χ2v) is 7.62. The fourth-order valence-corrected chi connectivity index (χ4v) is 3.24. The Morgan fingerprint density at radius 1 is 1.03 bits per heavy atom. The van der Waals surface area contributed by atoms with E-state index in [4.69, 9.17) is 21.1 Å². The highest BCUT2D eigenvalue weighted by atomic mass is 35.5.